The Bertz CT molecular complexity index is 548. The van der Waals surface area contributed by atoms with Crippen molar-refractivity contribution >= 4 is 23.4 Å². The first kappa shape index (κ1) is 18.7. The molecule has 1 fully saturated rings. The summed E-state index contributed by atoms with van der Waals surface area (Å²) in [6.45, 7) is 2.86. The molecule has 2 amide bonds. The quantitative estimate of drug-likeness (QED) is 0.752. The molecule has 0 spiro atoms. The first-order valence-electron chi connectivity index (χ1n) is 8.54. The van der Waals surface area contributed by atoms with Crippen molar-refractivity contribution in [2.24, 2.45) is 11.7 Å². The number of hydrogen-bond donors (Lipinski definition) is 2. The van der Waals surface area contributed by atoms with Gasteiger partial charge in [-0.1, -0.05) is 23.7 Å². The van der Waals surface area contributed by atoms with E-state index in [0.717, 1.165) is 49.4 Å². The fraction of sp³-hybridized carbons (Fsp3) is 0.556. The number of carbonyl (C=O) groups excluding carboxylic acids is 2. The third-order valence-corrected chi connectivity index (χ3v) is 4.67. The number of likely N-dealkylation sites (tertiary alicyclic amines) is 1. The molecule has 5 nitrogen and oxygen atoms in total. The molecule has 132 valence electrons. The van der Waals surface area contributed by atoms with E-state index in [-0.39, 0.29) is 11.8 Å². The van der Waals surface area contributed by atoms with Gasteiger partial charge >= 0.3 is 0 Å². The Balaban J connectivity index is 1.66. The predicted molar refractivity (Wildman–Crippen MR) is 95.8 cm³/mol. The van der Waals surface area contributed by atoms with Gasteiger partial charge in [0.2, 0.25) is 11.8 Å². The van der Waals surface area contributed by atoms with Crippen LogP contribution in [-0.4, -0.2) is 42.9 Å². The second kappa shape index (κ2) is 9.64. The molecule has 1 heterocycles. The van der Waals surface area contributed by atoms with Crippen LogP contribution in [0.25, 0.3) is 0 Å². The van der Waals surface area contributed by atoms with Gasteiger partial charge in [0.05, 0.1) is 6.54 Å². The van der Waals surface area contributed by atoms with Crippen LogP contribution in [0.1, 0.15) is 31.2 Å². The standard InChI is InChI=1S/C18H26ClN3O2/c19-16-6-3-14(4-7-16)9-10-21-18(24)13-22-11-1-2-15(12-22)5-8-17(20)23/h3-4,6-7,15H,1-2,5,8-13H2,(H2,20,23)(H,21,24). The summed E-state index contributed by atoms with van der Waals surface area (Å²) in [6.07, 6.45) is 4.24. The maximum absolute atomic E-state index is 12.1. The molecule has 1 saturated heterocycles. The fourth-order valence-corrected chi connectivity index (χ4v) is 3.26. The molecule has 24 heavy (non-hydrogen) atoms. The topological polar surface area (TPSA) is 75.4 Å². The van der Waals surface area contributed by atoms with E-state index in [1.165, 1.54) is 0 Å². The van der Waals surface area contributed by atoms with Crippen molar-refractivity contribution in [2.45, 2.75) is 32.1 Å². The largest absolute Gasteiger partial charge is 0.370 e. The molecule has 1 atom stereocenters. The Hall–Kier alpha value is -1.59. The lowest BCUT2D eigenvalue weighted by Crippen LogP contribution is -2.43. The van der Waals surface area contributed by atoms with E-state index in [4.69, 9.17) is 17.3 Å². The minimum absolute atomic E-state index is 0.0551. The average Bonchev–Trinajstić information content (AvgIpc) is 2.55. The van der Waals surface area contributed by atoms with E-state index in [9.17, 15) is 9.59 Å². The van der Waals surface area contributed by atoms with Crippen LogP contribution in [0.5, 0.6) is 0 Å². The summed E-state index contributed by atoms with van der Waals surface area (Å²) in [4.78, 5) is 25.1. The monoisotopic (exact) mass is 351 g/mol. The smallest absolute Gasteiger partial charge is 0.234 e. The molecular weight excluding hydrogens is 326 g/mol. The minimum atomic E-state index is -0.243. The highest BCUT2D eigenvalue weighted by molar-refractivity contribution is 6.30. The van der Waals surface area contributed by atoms with Crippen molar-refractivity contribution in [3.05, 3.63) is 34.9 Å². The highest BCUT2D eigenvalue weighted by Gasteiger charge is 2.21. The van der Waals surface area contributed by atoms with E-state index in [0.29, 0.717) is 25.4 Å². The summed E-state index contributed by atoms with van der Waals surface area (Å²) in [7, 11) is 0. The predicted octanol–water partition coefficient (Wildman–Crippen LogP) is 1.98. The number of nitrogens with two attached hydrogens (primary N) is 1. The molecule has 1 unspecified atom stereocenters. The number of amides is 2. The molecule has 0 bridgehead atoms. The Kier molecular flexibility index (Phi) is 7.53. The Morgan fingerprint density at radius 2 is 2.04 bits per heavy atom. The van der Waals surface area contributed by atoms with Gasteiger partial charge in [0.25, 0.3) is 0 Å². The lowest BCUT2D eigenvalue weighted by atomic mass is 9.93. The second-order valence-corrected chi connectivity index (χ2v) is 6.91. The van der Waals surface area contributed by atoms with Crippen LogP contribution < -0.4 is 11.1 Å². The number of benzene rings is 1. The second-order valence-electron chi connectivity index (χ2n) is 6.47. The minimum Gasteiger partial charge on any atom is -0.370 e. The van der Waals surface area contributed by atoms with Crippen molar-refractivity contribution in [3.8, 4) is 0 Å². The maximum Gasteiger partial charge on any atom is 0.234 e. The third kappa shape index (κ3) is 6.89. The lowest BCUT2D eigenvalue weighted by molar-refractivity contribution is -0.123. The fourth-order valence-electron chi connectivity index (χ4n) is 3.13. The highest BCUT2D eigenvalue weighted by Crippen LogP contribution is 2.20. The molecule has 3 N–H and O–H groups in total. The molecule has 1 aliphatic rings. The number of primary amides is 1. The third-order valence-electron chi connectivity index (χ3n) is 4.42. The average molecular weight is 352 g/mol. The molecule has 1 aliphatic heterocycles. The van der Waals surface area contributed by atoms with Crippen LogP contribution in [0.2, 0.25) is 5.02 Å². The zero-order valence-electron chi connectivity index (χ0n) is 14.0. The van der Waals surface area contributed by atoms with Crippen LogP contribution in [0.3, 0.4) is 0 Å². The van der Waals surface area contributed by atoms with E-state index < -0.39 is 0 Å². The normalized spacial score (nSPS) is 18.3. The molecule has 1 aromatic rings. The van der Waals surface area contributed by atoms with Gasteiger partial charge in [-0.25, -0.2) is 0 Å². The molecule has 2 rings (SSSR count). The summed E-state index contributed by atoms with van der Waals surface area (Å²) in [5.41, 5.74) is 6.37. The number of rotatable bonds is 8. The molecule has 0 aliphatic carbocycles. The Morgan fingerprint density at radius 1 is 1.29 bits per heavy atom. The van der Waals surface area contributed by atoms with Crippen LogP contribution in [-0.2, 0) is 16.0 Å². The summed E-state index contributed by atoms with van der Waals surface area (Å²) in [5.74, 6) is 0.277. The Labute approximate surface area is 148 Å². The van der Waals surface area contributed by atoms with Gasteiger partial charge < -0.3 is 11.1 Å². The van der Waals surface area contributed by atoms with Gasteiger partial charge in [0.1, 0.15) is 0 Å². The Morgan fingerprint density at radius 3 is 2.75 bits per heavy atom. The van der Waals surface area contributed by atoms with Gasteiger partial charge in [-0.05, 0) is 55.8 Å². The number of halogens is 1. The number of hydrogen-bond acceptors (Lipinski definition) is 3. The number of piperidine rings is 1. The van der Waals surface area contributed by atoms with Gasteiger partial charge in [0, 0.05) is 24.5 Å². The van der Waals surface area contributed by atoms with Gasteiger partial charge in [-0.3, -0.25) is 14.5 Å². The number of nitrogens with zero attached hydrogens (tertiary/aromatic N) is 1. The van der Waals surface area contributed by atoms with Gasteiger partial charge in [0.15, 0.2) is 0 Å². The first-order chi connectivity index (χ1) is 11.5. The number of carbonyl (C=O) groups is 2. The van der Waals surface area contributed by atoms with E-state index in [1.54, 1.807) is 0 Å². The molecule has 6 heteroatoms. The van der Waals surface area contributed by atoms with Gasteiger partial charge in [-0.2, -0.15) is 0 Å². The number of nitrogens with one attached hydrogen (secondary N) is 1. The maximum atomic E-state index is 12.1. The van der Waals surface area contributed by atoms with Crippen molar-refractivity contribution in [1.29, 1.82) is 0 Å². The first-order valence-corrected chi connectivity index (χ1v) is 8.92. The van der Waals surface area contributed by atoms with Crippen molar-refractivity contribution < 1.29 is 9.59 Å². The summed E-state index contributed by atoms with van der Waals surface area (Å²) in [5, 5.41) is 3.69. The zero-order valence-corrected chi connectivity index (χ0v) is 14.7. The molecule has 1 aromatic carbocycles. The van der Waals surface area contributed by atoms with E-state index in [1.807, 2.05) is 24.3 Å². The van der Waals surface area contributed by atoms with Crippen molar-refractivity contribution in [2.75, 3.05) is 26.2 Å². The van der Waals surface area contributed by atoms with E-state index >= 15 is 0 Å². The van der Waals surface area contributed by atoms with Crippen molar-refractivity contribution in [3.63, 3.8) is 0 Å². The SMILES string of the molecule is NC(=O)CCC1CCCN(CC(=O)NCCc2ccc(Cl)cc2)C1. The molecule has 0 saturated carbocycles. The molecular formula is C18H26ClN3O2. The van der Waals surface area contributed by atoms with Crippen LogP contribution in [0.15, 0.2) is 24.3 Å². The lowest BCUT2D eigenvalue weighted by Gasteiger charge is -2.32. The summed E-state index contributed by atoms with van der Waals surface area (Å²) >= 11 is 5.86. The van der Waals surface area contributed by atoms with Crippen molar-refractivity contribution in [1.82, 2.24) is 10.2 Å². The highest BCUT2D eigenvalue weighted by atomic mass is 35.5. The van der Waals surface area contributed by atoms with Gasteiger partial charge in [-0.15, -0.1) is 0 Å². The van der Waals surface area contributed by atoms with Crippen LogP contribution >= 0.6 is 11.6 Å². The summed E-state index contributed by atoms with van der Waals surface area (Å²) < 4.78 is 0. The van der Waals surface area contributed by atoms with E-state index in [2.05, 4.69) is 10.2 Å². The van der Waals surface area contributed by atoms with Crippen LogP contribution in [0, 0.1) is 5.92 Å². The zero-order chi connectivity index (χ0) is 17.4. The summed E-state index contributed by atoms with van der Waals surface area (Å²) in [6, 6.07) is 7.67. The molecule has 0 aromatic heterocycles. The van der Waals surface area contributed by atoms with Crippen LogP contribution in [0.4, 0.5) is 0 Å². The molecule has 0 radical (unpaired) electrons.